The Kier molecular flexibility index (Phi) is 10.6. The van der Waals surface area contributed by atoms with Crippen molar-refractivity contribution in [3.8, 4) is 0 Å². The molecular formula is C33H39ClN6O9. The van der Waals surface area contributed by atoms with E-state index in [9.17, 15) is 19.2 Å². The van der Waals surface area contributed by atoms with Crippen molar-refractivity contribution in [2.24, 2.45) is 5.92 Å². The highest BCUT2D eigenvalue weighted by molar-refractivity contribution is 6.28. The van der Waals surface area contributed by atoms with Crippen LogP contribution in [0.4, 0.5) is 5.82 Å². The molecule has 0 radical (unpaired) electrons. The summed E-state index contributed by atoms with van der Waals surface area (Å²) in [5, 5.41) is 5.69. The van der Waals surface area contributed by atoms with Crippen LogP contribution in [0.25, 0.3) is 11.2 Å². The van der Waals surface area contributed by atoms with Crippen molar-refractivity contribution in [1.82, 2.24) is 24.8 Å². The highest BCUT2D eigenvalue weighted by Gasteiger charge is 2.64. The number of fused-ring (bicyclic) bond motifs is 1. The standard InChI is InChI=1S/C33H39ClN6O9/c1-18(2)33(49-20(4)42)23(16-46-32(29(43)35-5,30(44)45-6)14-21-10-8-7-9-11-21)48-28(25(33)47-19(3)41)40-17-37-24-26(36-15-22-12-13-22)38-31(34)39-27(24)40/h7-11,17,22-23,25,28H,1,12-16H2,2-6H3,(H,35,43)(H,36,38,39)/t23-,25+,28-,32?,33-/m1/s1. The molecule has 0 bridgehead atoms. The molecule has 15 nitrogen and oxygen atoms in total. The SMILES string of the molecule is C=C(C)[C@@]1(OC(C)=O)[C@@H](COC(Cc2ccccc2)(C(=O)NC)C(=O)OC)O[C@@H](n2cnc3c(NCC4CC4)nc(Cl)nc32)[C@@H]1OC(C)=O. The molecule has 49 heavy (non-hydrogen) atoms. The number of esters is 3. The van der Waals surface area contributed by atoms with Gasteiger partial charge in [0.1, 0.15) is 6.10 Å². The number of hydrogen-bond donors (Lipinski definition) is 2. The van der Waals surface area contributed by atoms with E-state index in [1.165, 1.54) is 31.8 Å². The number of amides is 1. The third-order valence-corrected chi connectivity index (χ3v) is 8.71. The molecule has 1 saturated carbocycles. The second-order valence-corrected chi connectivity index (χ2v) is 12.4. The van der Waals surface area contributed by atoms with Crippen molar-refractivity contribution < 1.29 is 42.9 Å². The van der Waals surface area contributed by atoms with Gasteiger partial charge in [0.15, 0.2) is 29.3 Å². The van der Waals surface area contributed by atoms with Gasteiger partial charge < -0.3 is 34.3 Å². The van der Waals surface area contributed by atoms with E-state index < -0.39 is 60.1 Å². The number of benzene rings is 1. The zero-order chi connectivity index (χ0) is 35.5. The molecule has 1 amide bonds. The molecular weight excluding hydrogens is 660 g/mol. The lowest BCUT2D eigenvalue weighted by atomic mass is 9.84. The number of hydrogen-bond acceptors (Lipinski definition) is 13. The molecule has 1 saturated heterocycles. The van der Waals surface area contributed by atoms with Gasteiger partial charge in [-0.3, -0.25) is 19.0 Å². The maximum absolute atomic E-state index is 13.5. The molecule has 16 heteroatoms. The van der Waals surface area contributed by atoms with E-state index in [1.54, 1.807) is 37.3 Å². The Balaban J connectivity index is 1.61. The summed E-state index contributed by atoms with van der Waals surface area (Å²) in [6, 6.07) is 8.74. The van der Waals surface area contributed by atoms with Gasteiger partial charge in [0.05, 0.1) is 20.0 Å². The molecule has 1 aliphatic carbocycles. The van der Waals surface area contributed by atoms with Crippen molar-refractivity contribution >= 4 is 52.4 Å². The van der Waals surface area contributed by atoms with E-state index in [4.69, 9.17) is 35.3 Å². The Morgan fingerprint density at radius 3 is 2.43 bits per heavy atom. The Morgan fingerprint density at radius 2 is 1.84 bits per heavy atom. The third kappa shape index (κ3) is 7.09. The molecule has 5 rings (SSSR count). The van der Waals surface area contributed by atoms with Crippen molar-refractivity contribution in [2.75, 3.05) is 32.6 Å². The Morgan fingerprint density at radius 1 is 1.12 bits per heavy atom. The van der Waals surface area contributed by atoms with Gasteiger partial charge in [0, 0.05) is 33.9 Å². The fourth-order valence-electron chi connectivity index (χ4n) is 6.05. The number of rotatable bonds is 14. The molecule has 1 aliphatic heterocycles. The fourth-order valence-corrected chi connectivity index (χ4v) is 6.22. The Bertz CT molecular complexity index is 1730. The van der Waals surface area contributed by atoms with Gasteiger partial charge in [-0.05, 0) is 48.4 Å². The van der Waals surface area contributed by atoms with Gasteiger partial charge in [-0.2, -0.15) is 9.97 Å². The number of aromatic nitrogens is 4. The molecule has 1 unspecified atom stereocenters. The highest BCUT2D eigenvalue weighted by atomic mass is 35.5. The maximum atomic E-state index is 13.5. The van der Waals surface area contributed by atoms with E-state index in [0.29, 0.717) is 29.4 Å². The summed E-state index contributed by atoms with van der Waals surface area (Å²) < 4.78 is 31.2. The van der Waals surface area contributed by atoms with E-state index in [-0.39, 0.29) is 22.9 Å². The Hall–Kier alpha value is -4.60. The highest BCUT2D eigenvalue weighted by Crippen LogP contribution is 2.47. The number of imidazole rings is 1. The summed E-state index contributed by atoms with van der Waals surface area (Å²) in [5.74, 6) is -2.32. The second-order valence-electron chi connectivity index (χ2n) is 12.1. The smallest absolute Gasteiger partial charge is 0.348 e. The normalized spacial score (nSPS) is 22.9. The van der Waals surface area contributed by atoms with Gasteiger partial charge in [-0.25, -0.2) is 9.78 Å². The van der Waals surface area contributed by atoms with Crippen molar-refractivity contribution in [3.05, 3.63) is 59.7 Å². The molecule has 2 aromatic heterocycles. The number of methoxy groups -OCH3 is 1. The number of nitrogens with zero attached hydrogens (tertiary/aromatic N) is 4. The number of carbonyl (C=O) groups is 4. The van der Waals surface area contributed by atoms with Crippen molar-refractivity contribution in [3.63, 3.8) is 0 Å². The predicted octanol–water partition coefficient (Wildman–Crippen LogP) is 2.93. The van der Waals surface area contributed by atoms with Crippen LogP contribution in [0, 0.1) is 5.92 Å². The molecule has 2 aliphatic rings. The first-order chi connectivity index (χ1) is 23.4. The average Bonchev–Trinajstić information content (AvgIpc) is 3.74. The zero-order valence-electron chi connectivity index (χ0n) is 27.9. The van der Waals surface area contributed by atoms with Gasteiger partial charge >= 0.3 is 17.9 Å². The van der Waals surface area contributed by atoms with E-state index in [1.807, 2.05) is 0 Å². The predicted molar refractivity (Wildman–Crippen MR) is 175 cm³/mol. The number of likely N-dealkylation sites (N-methyl/N-ethyl adjacent to an activating group) is 1. The van der Waals surface area contributed by atoms with Crippen LogP contribution < -0.4 is 10.6 Å². The maximum Gasteiger partial charge on any atom is 0.348 e. The first-order valence-corrected chi connectivity index (χ1v) is 16.0. The van der Waals surface area contributed by atoms with E-state index in [2.05, 4.69) is 32.2 Å². The summed E-state index contributed by atoms with van der Waals surface area (Å²) in [6.07, 6.45) is -0.524. The summed E-state index contributed by atoms with van der Waals surface area (Å²) in [6.45, 7) is 8.15. The summed E-state index contributed by atoms with van der Waals surface area (Å²) >= 11 is 6.35. The van der Waals surface area contributed by atoms with Gasteiger partial charge in [0.2, 0.25) is 16.5 Å². The van der Waals surface area contributed by atoms with Gasteiger partial charge in [-0.15, -0.1) is 0 Å². The lowest BCUT2D eigenvalue weighted by molar-refractivity contribution is -0.191. The van der Waals surface area contributed by atoms with Gasteiger partial charge in [0.25, 0.3) is 5.91 Å². The van der Waals surface area contributed by atoms with Crippen molar-refractivity contribution in [2.45, 2.75) is 69.7 Å². The summed E-state index contributed by atoms with van der Waals surface area (Å²) in [4.78, 5) is 65.5. The van der Waals surface area contributed by atoms with Gasteiger partial charge in [-0.1, -0.05) is 36.9 Å². The lowest BCUT2D eigenvalue weighted by Crippen LogP contribution is -2.59. The number of ether oxygens (including phenoxy) is 5. The van der Waals surface area contributed by atoms with Crippen molar-refractivity contribution in [1.29, 1.82) is 0 Å². The minimum absolute atomic E-state index is 0.0741. The summed E-state index contributed by atoms with van der Waals surface area (Å²) in [5.41, 5.74) is -2.67. The molecule has 0 spiro atoms. The molecule has 3 aromatic rings. The van der Waals surface area contributed by atoms with Crippen LogP contribution in [-0.2, 0) is 49.3 Å². The largest absolute Gasteiger partial charge is 0.466 e. The molecule has 3 heterocycles. The lowest BCUT2D eigenvalue weighted by Gasteiger charge is -2.38. The Labute approximate surface area is 287 Å². The molecule has 2 fully saturated rings. The van der Waals surface area contributed by atoms with E-state index in [0.717, 1.165) is 20.0 Å². The summed E-state index contributed by atoms with van der Waals surface area (Å²) in [7, 11) is 2.49. The minimum atomic E-state index is -2.20. The fraction of sp³-hybridized carbons (Fsp3) is 0.485. The number of nitrogens with one attached hydrogen (secondary N) is 2. The molecule has 5 atom stereocenters. The second kappa shape index (κ2) is 14.5. The van der Waals surface area contributed by atoms with Crippen LogP contribution in [0.5, 0.6) is 0 Å². The average molecular weight is 699 g/mol. The first kappa shape index (κ1) is 35.7. The van der Waals surface area contributed by atoms with Crippen LogP contribution in [0.15, 0.2) is 48.8 Å². The number of carbonyl (C=O) groups excluding carboxylic acids is 4. The minimum Gasteiger partial charge on any atom is -0.466 e. The van der Waals surface area contributed by atoms with E-state index >= 15 is 0 Å². The van der Waals surface area contributed by atoms with Crippen LogP contribution in [0.1, 0.15) is 45.4 Å². The molecule has 262 valence electrons. The zero-order valence-corrected chi connectivity index (χ0v) is 28.6. The van der Waals surface area contributed by atoms with Crippen LogP contribution in [-0.4, -0.2) is 94.1 Å². The third-order valence-electron chi connectivity index (χ3n) is 8.55. The molecule has 2 N–H and O–H groups in total. The quantitative estimate of drug-likeness (QED) is 0.0825. The number of anilines is 1. The van der Waals surface area contributed by atoms with Crippen LogP contribution >= 0.6 is 11.6 Å². The molecule has 1 aromatic carbocycles. The van der Waals surface area contributed by atoms with Crippen LogP contribution in [0.2, 0.25) is 5.28 Å². The van der Waals surface area contributed by atoms with Crippen LogP contribution in [0.3, 0.4) is 0 Å². The first-order valence-electron chi connectivity index (χ1n) is 15.7. The monoisotopic (exact) mass is 698 g/mol. The topological polar surface area (TPSA) is 182 Å². The number of halogens is 1.